The molecule has 0 spiro atoms. The summed E-state index contributed by atoms with van der Waals surface area (Å²) in [4.78, 5) is 29.7. The summed E-state index contributed by atoms with van der Waals surface area (Å²) >= 11 is 0. The summed E-state index contributed by atoms with van der Waals surface area (Å²) in [7, 11) is 1.54. The Kier molecular flexibility index (Phi) is 4.64. The van der Waals surface area contributed by atoms with Crippen LogP contribution in [-0.2, 0) is 0 Å². The van der Waals surface area contributed by atoms with E-state index in [9.17, 15) is 9.59 Å². The lowest BCUT2D eigenvalue weighted by Crippen LogP contribution is -2.32. The van der Waals surface area contributed by atoms with Crippen LogP contribution in [0.4, 0.5) is 5.82 Å². The normalized spacial score (nSPS) is 16.7. The van der Waals surface area contributed by atoms with Crippen LogP contribution >= 0.6 is 0 Å². The van der Waals surface area contributed by atoms with E-state index in [2.05, 4.69) is 25.8 Å². The van der Waals surface area contributed by atoms with Crippen LogP contribution in [0.15, 0.2) is 36.5 Å². The minimum Gasteiger partial charge on any atom is -0.364 e. The second-order valence-corrected chi connectivity index (χ2v) is 5.48. The van der Waals surface area contributed by atoms with Gasteiger partial charge in [-0.2, -0.15) is 0 Å². The second kappa shape index (κ2) is 7.03. The van der Waals surface area contributed by atoms with Crippen LogP contribution in [0.1, 0.15) is 27.4 Å². The van der Waals surface area contributed by atoms with Gasteiger partial charge in [-0.05, 0) is 30.7 Å². The summed E-state index contributed by atoms with van der Waals surface area (Å²) < 4.78 is 0. The van der Waals surface area contributed by atoms with E-state index in [1.807, 2.05) is 0 Å². The van der Waals surface area contributed by atoms with Gasteiger partial charge in [0.25, 0.3) is 11.8 Å². The van der Waals surface area contributed by atoms with Crippen molar-refractivity contribution in [3.63, 3.8) is 0 Å². The van der Waals surface area contributed by atoms with Crippen molar-refractivity contribution in [1.29, 1.82) is 0 Å². The lowest BCUT2D eigenvalue weighted by molar-refractivity contribution is 0.0785. The van der Waals surface area contributed by atoms with Crippen molar-refractivity contribution in [1.82, 2.24) is 25.4 Å². The van der Waals surface area contributed by atoms with E-state index < -0.39 is 0 Å². The number of carbonyl (C=O) groups is 2. The number of likely N-dealkylation sites (tertiary alicyclic amines) is 1. The average molecular weight is 326 g/mol. The molecule has 2 aromatic rings. The molecule has 0 bridgehead atoms. The van der Waals surface area contributed by atoms with E-state index in [-0.39, 0.29) is 23.6 Å². The van der Waals surface area contributed by atoms with E-state index in [1.165, 1.54) is 0 Å². The van der Waals surface area contributed by atoms with Crippen LogP contribution in [0.5, 0.6) is 0 Å². The number of hydrogen-bond acceptors (Lipinski definition) is 6. The van der Waals surface area contributed by atoms with Crippen LogP contribution in [0.3, 0.4) is 0 Å². The first-order valence-electron chi connectivity index (χ1n) is 7.70. The molecule has 1 aliphatic heterocycles. The van der Waals surface area contributed by atoms with Crippen molar-refractivity contribution in [2.75, 3.05) is 25.5 Å². The molecule has 2 aromatic heterocycles. The Morgan fingerprint density at radius 2 is 2.04 bits per heavy atom. The Balaban J connectivity index is 1.58. The van der Waals surface area contributed by atoms with Gasteiger partial charge in [0.05, 0.1) is 0 Å². The van der Waals surface area contributed by atoms with Crippen LogP contribution < -0.4 is 10.6 Å². The zero-order valence-corrected chi connectivity index (χ0v) is 13.3. The van der Waals surface area contributed by atoms with Crippen molar-refractivity contribution in [2.45, 2.75) is 12.5 Å². The zero-order valence-electron chi connectivity index (χ0n) is 13.3. The van der Waals surface area contributed by atoms with Crippen LogP contribution in [0, 0.1) is 0 Å². The Bertz CT molecular complexity index is 719. The first-order valence-corrected chi connectivity index (χ1v) is 7.70. The number of hydrogen-bond donors (Lipinski definition) is 2. The van der Waals surface area contributed by atoms with E-state index in [1.54, 1.807) is 48.5 Å². The van der Waals surface area contributed by atoms with Gasteiger partial charge in [0.15, 0.2) is 5.69 Å². The van der Waals surface area contributed by atoms with E-state index in [4.69, 9.17) is 0 Å². The van der Waals surface area contributed by atoms with Gasteiger partial charge in [0, 0.05) is 32.4 Å². The van der Waals surface area contributed by atoms with Gasteiger partial charge in [-0.25, -0.2) is 0 Å². The topological polar surface area (TPSA) is 100 Å². The summed E-state index contributed by atoms with van der Waals surface area (Å²) in [6, 6.07) is 8.71. The maximum absolute atomic E-state index is 12.4. The number of pyridine rings is 1. The number of carbonyl (C=O) groups excluding carboxylic acids is 2. The molecule has 1 fully saturated rings. The lowest BCUT2D eigenvalue weighted by Gasteiger charge is -2.16. The third-order valence-corrected chi connectivity index (χ3v) is 3.84. The molecular weight excluding hydrogens is 308 g/mol. The molecule has 0 aliphatic carbocycles. The first-order chi connectivity index (χ1) is 11.7. The standard InChI is InChI=1S/C16H18N6O2/c1-17-15(23)12-5-6-14(21-20-12)19-11-7-9-22(10-11)16(24)13-4-2-3-8-18-13/h2-6,8,11H,7,9-10H2,1H3,(H,17,23)(H,19,21). The third-order valence-electron chi connectivity index (χ3n) is 3.84. The SMILES string of the molecule is CNC(=O)c1ccc(NC2CCN(C(=O)c3ccccn3)C2)nn1. The molecule has 1 atom stereocenters. The average Bonchev–Trinajstić information content (AvgIpc) is 3.10. The number of anilines is 1. The van der Waals surface area contributed by atoms with E-state index >= 15 is 0 Å². The molecule has 0 saturated carbocycles. The fraction of sp³-hybridized carbons (Fsp3) is 0.312. The van der Waals surface area contributed by atoms with Gasteiger partial charge < -0.3 is 15.5 Å². The lowest BCUT2D eigenvalue weighted by atomic mass is 10.2. The molecule has 124 valence electrons. The Hall–Kier alpha value is -3.03. The first kappa shape index (κ1) is 15.9. The number of rotatable bonds is 4. The molecule has 8 heteroatoms. The molecule has 0 aromatic carbocycles. The third kappa shape index (κ3) is 3.48. The smallest absolute Gasteiger partial charge is 0.272 e. The van der Waals surface area contributed by atoms with Gasteiger partial charge in [0.2, 0.25) is 0 Å². The van der Waals surface area contributed by atoms with Crippen molar-refractivity contribution in [3.8, 4) is 0 Å². The summed E-state index contributed by atoms with van der Waals surface area (Å²) in [6.07, 6.45) is 2.43. The maximum Gasteiger partial charge on any atom is 0.272 e. The highest BCUT2D eigenvalue weighted by Crippen LogP contribution is 2.16. The van der Waals surface area contributed by atoms with Gasteiger partial charge in [-0.3, -0.25) is 14.6 Å². The Labute approximate surface area is 139 Å². The van der Waals surface area contributed by atoms with E-state index in [0.717, 1.165) is 6.42 Å². The Morgan fingerprint density at radius 3 is 2.71 bits per heavy atom. The molecule has 1 aliphatic rings. The summed E-state index contributed by atoms with van der Waals surface area (Å²) in [6.45, 7) is 1.24. The number of nitrogens with one attached hydrogen (secondary N) is 2. The molecule has 3 heterocycles. The van der Waals surface area contributed by atoms with Crippen molar-refractivity contribution < 1.29 is 9.59 Å². The quantitative estimate of drug-likeness (QED) is 0.851. The second-order valence-electron chi connectivity index (χ2n) is 5.48. The van der Waals surface area contributed by atoms with Crippen LogP contribution in [-0.4, -0.2) is 58.1 Å². The summed E-state index contributed by atoms with van der Waals surface area (Å²) in [5, 5.41) is 13.6. The molecular formula is C16H18N6O2. The van der Waals surface area contributed by atoms with Crippen molar-refractivity contribution >= 4 is 17.6 Å². The Morgan fingerprint density at radius 1 is 1.17 bits per heavy atom. The molecule has 1 saturated heterocycles. The maximum atomic E-state index is 12.4. The van der Waals surface area contributed by atoms with Crippen molar-refractivity contribution in [2.24, 2.45) is 0 Å². The van der Waals surface area contributed by atoms with Gasteiger partial charge in [0.1, 0.15) is 11.5 Å². The van der Waals surface area contributed by atoms with Crippen LogP contribution in [0.2, 0.25) is 0 Å². The van der Waals surface area contributed by atoms with Gasteiger partial charge >= 0.3 is 0 Å². The molecule has 24 heavy (non-hydrogen) atoms. The van der Waals surface area contributed by atoms with Gasteiger partial charge in [-0.1, -0.05) is 6.07 Å². The highest BCUT2D eigenvalue weighted by Gasteiger charge is 2.27. The minimum absolute atomic E-state index is 0.0686. The highest BCUT2D eigenvalue weighted by atomic mass is 16.2. The molecule has 2 N–H and O–H groups in total. The molecule has 2 amide bonds. The summed E-state index contributed by atoms with van der Waals surface area (Å²) in [5.74, 6) is 0.239. The predicted molar refractivity (Wildman–Crippen MR) is 87.6 cm³/mol. The van der Waals surface area contributed by atoms with E-state index in [0.29, 0.717) is 24.6 Å². The fourth-order valence-corrected chi connectivity index (χ4v) is 2.58. The number of aromatic nitrogens is 3. The molecule has 8 nitrogen and oxygen atoms in total. The molecule has 3 rings (SSSR count). The highest BCUT2D eigenvalue weighted by molar-refractivity contribution is 5.92. The zero-order chi connectivity index (χ0) is 16.9. The molecule has 0 radical (unpaired) electrons. The number of amides is 2. The monoisotopic (exact) mass is 326 g/mol. The predicted octanol–water partition coefficient (Wildman–Crippen LogP) is 0.558. The number of nitrogens with zero attached hydrogens (tertiary/aromatic N) is 4. The minimum atomic E-state index is -0.276. The molecule has 1 unspecified atom stereocenters. The largest absolute Gasteiger partial charge is 0.364 e. The van der Waals surface area contributed by atoms with Crippen LogP contribution in [0.25, 0.3) is 0 Å². The summed E-state index contributed by atoms with van der Waals surface area (Å²) in [5.41, 5.74) is 0.717. The van der Waals surface area contributed by atoms with Crippen molar-refractivity contribution in [3.05, 3.63) is 47.9 Å². The fourth-order valence-electron chi connectivity index (χ4n) is 2.58. The van der Waals surface area contributed by atoms with Gasteiger partial charge in [-0.15, -0.1) is 10.2 Å².